The van der Waals surface area contributed by atoms with E-state index in [4.69, 9.17) is 9.47 Å². The van der Waals surface area contributed by atoms with Crippen molar-refractivity contribution >= 4 is 23.1 Å². The summed E-state index contributed by atoms with van der Waals surface area (Å²) in [7, 11) is 0. The van der Waals surface area contributed by atoms with Crippen molar-refractivity contribution in [1.82, 2.24) is 10.6 Å². The van der Waals surface area contributed by atoms with Gasteiger partial charge in [0, 0.05) is 18.2 Å². The standard InChI is InChI=1S/C17H26N2O5S/c20-15-18-12-9-13(7-5-3-1-2-4-6-8-23-15)24-17(22,10-12)14-11-25-16(21)19-14/h1-2,12-14,22H,3-11H2,(H,18,20)(H,19,21)/b2-1-/t12?,13?,14-,17+/m0/s1. The highest BCUT2D eigenvalue weighted by Gasteiger charge is 2.48. The molecule has 0 aromatic heterocycles. The largest absolute Gasteiger partial charge is 0.450 e. The van der Waals surface area contributed by atoms with E-state index in [2.05, 4.69) is 22.8 Å². The minimum absolute atomic E-state index is 0.152. The Labute approximate surface area is 151 Å². The van der Waals surface area contributed by atoms with Gasteiger partial charge in [-0.15, -0.1) is 0 Å². The first-order valence-corrected chi connectivity index (χ1v) is 9.95. The molecule has 3 aliphatic rings. The summed E-state index contributed by atoms with van der Waals surface area (Å²) in [5, 5.41) is 16.5. The molecule has 7 nitrogen and oxygen atoms in total. The number of carbonyl (C=O) groups excluding carboxylic acids is 2. The molecule has 2 bridgehead atoms. The molecule has 0 radical (unpaired) electrons. The van der Waals surface area contributed by atoms with E-state index < -0.39 is 17.9 Å². The fourth-order valence-electron chi connectivity index (χ4n) is 3.55. The molecule has 0 aromatic rings. The van der Waals surface area contributed by atoms with E-state index in [-0.39, 0.29) is 23.8 Å². The molecule has 3 aliphatic heterocycles. The van der Waals surface area contributed by atoms with Crippen LogP contribution in [-0.4, -0.2) is 52.8 Å². The maximum absolute atomic E-state index is 12.0. The first kappa shape index (κ1) is 18.5. The normalized spacial score (nSPS) is 38.8. The van der Waals surface area contributed by atoms with E-state index in [1.807, 2.05) is 0 Å². The molecule has 2 fully saturated rings. The van der Waals surface area contributed by atoms with Gasteiger partial charge in [-0.1, -0.05) is 23.9 Å². The molecule has 0 aliphatic carbocycles. The third-order valence-corrected chi connectivity index (χ3v) is 5.69. The number of rotatable bonds is 1. The summed E-state index contributed by atoms with van der Waals surface area (Å²) < 4.78 is 11.2. The molecule has 3 heterocycles. The number of hydrogen-bond donors (Lipinski definition) is 3. The van der Waals surface area contributed by atoms with Gasteiger partial charge in [0.25, 0.3) is 5.24 Å². The lowest BCUT2D eigenvalue weighted by Crippen LogP contribution is -2.60. The molecule has 25 heavy (non-hydrogen) atoms. The zero-order valence-electron chi connectivity index (χ0n) is 14.2. The fourth-order valence-corrected chi connectivity index (χ4v) is 4.44. The number of aliphatic hydroxyl groups is 1. The predicted octanol–water partition coefficient (Wildman–Crippen LogP) is 2.29. The van der Waals surface area contributed by atoms with Gasteiger partial charge >= 0.3 is 6.09 Å². The first-order valence-electron chi connectivity index (χ1n) is 8.97. The quantitative estimate of drug-likeness (QED) is 0.613. The van der Waals surface area contributed by atoms with Crippen molar-refractivity contribution in [3.63, 3.8) is 0 Å². The van der Waals surface area contributed by atoms with Gasteiger partial charge in [0.05, 0.1) is 18.8 Å². The second-order valence-corrected chi connectivity index (χ2v) is 7.83. The summed E-state index contributed by atoms with van der Waals surface area (Å²) >= 11 is 1.14. The van der Waals surface area contributed by atoms with Crippen LogP contribution in [0.2, 0.25) is 0 Å². The van der Waals surface area contributed by atoms with E-state index in [0.29, 0.717) is 18.8 Å². The second kappa shape index (κ2) is 8.42. The number of allylic oxidation sites excluding steroid dienone is 2. The van der Waals surface area contributed by atoms with E-state index >= 15 is 0 Å². The number of cyclic esters (lactones) is 1. The van der Waals surface area contributed by atoms with Crippen LogP contribution in [-0.2, 0) is 9.47 Å². The summed E-state index contributed by atoms with van der Waals surface area (Å²) in [5.74, 6) is -1.01. The van der Waals surface area contributed by atoms with Crippen LogP contribution in [0.25, 0.3) is 0 Å². The number of alkyl carbamates (subject to hydrolysis) is 1. The Morgan fingerprint density at radius 1 is 1.20 bits per heavy atom. The third kappa shape index (κ3) is 5.12. The highest BCUT2D eigenvalue weighted by atomic mass is 32.2. The maximum atomic E-state index is 12.0. The average Bonchev–Trinajstić information content (AvgIpc) is 2.99. The topological polar surface area (TPSA) is 96.9 Å². The molecule has 2 unspecified atom stereocenters. The summed E-state index contributed by atoms with van der Waals surface area (Å²) in [4.78, 5) is 23.5. The summed E-state index contributed by atoms with van der Waals surface area (Å²) in [6.07, 6.45) is 8.93. The predicted molar refractivity (Wildman–Crippen MR) is 94.3 cm³/mol. The monoisotopic (exact) mass is 370 g/mol. The van der Waals surface area contributed by atoms with Crippen LogP contribution in [0.1, 0.15) is 44.9 Å². The number of thioether (sulfide) groups is 1. The molecule has 0 aromatic carbocycles. The Kier molecular flexibility index (Phi) is 6.24. The van der Waals surface area contributed by atoms with Gasteiger partial charge in [0.2, 0.25) is 0 Å². The van der Waals surface area contributed by atoms with Crippen LogP contribution in [0.15, 0.2) is 12.2 Å². The third-order valence-electron chi connectivity index (χ3n) is 4.81. The molecule has 140 valence electrons. The first-order chi connectivity index (χ1) is 12.0. The number of ether oxygens (including phenoxy) is 2. The average molecular weight is 370 g/mol. The zero-order valence-corrected chi connectivity index (χ0v) is 15.1. The van der Waals surface area contributed by atoms with Crippen molar-refractivity contribution in [2.24, 2.45) is 0 Å². The van der Waals surface area contributed by atoms with Crippen molar-refractivity contribution in [3.8, 4) is 0 Å². The van der Waals surface area contributed by atoms with E-state index in [9.17, 15) is 14.7 Å². The Hall–Kier alpha value is -1.25. The van der Waals surface area contributed by atoms with Crippen LogP contribution >= 0.6 is 11.8 Å². The molecular formula is C17H26N2O5S. The van der Waals surface area contributed by atoms with Gasteiger partial charge in [-0.05, 0) is 38.5 Å². The minimum atomic E-state index is -1.47. The zero-order chi connectivity index (χ0) is 17.7. The second-order valence-electron chi connectivity index (χ2n) is 6.84. The van der Waals surface area contributed by atoms with Gasteiger partial charge in [-0.25, -0.2) is 4.79 Å². The molecule has 3 rings (SSSR count). The lowest BCUT2D eigenvalue weighted by atomic mass is 9.90. The highest BCUT2D eigenvalue weighted by Crippen LogP contribution is 2.35. The number of nitrogens with one attached hydrogen (secondary N) is 2. The summed E-state index contributed by atoms with van der Waals surface area (Å²) in [6.45, 7) is 0.377. The van der Waals surface area contributed by atoms with Crippen molar-refractivity contribution in [1.29, 1.82) is 0 Å². The molecule has 0 spiro atoms. The molecule has 0 saturated carbocycles. The Morgan fingerprint density at radius 2 is 2.00 bits per heavy atom. The molecule has 8 heteroatoms. The van der Waals surface area contributed by atoms with Crippen LogP contribution < -0.4 is 10.6 Å². The Bertz CT molecular complexity index is 529. The fraction of sp³-hybridized carbons (Fsp3) is 0.765. The van der Waals surface area contributed by atoms with E-state index in [0.717, 1.165) is 43.9 Å². The van der Waals surface area contributed by atoms with E-state index in [1.54, 1.807) is 0 Å². The van der Waals surface area contributed by atoms with Crippen LogP contribution in [0.5, 0.6) is 0 Å². The van der Waals surface area contributed by atoms with Gasteiger partial charge < -0.3 is 25.2 Å². The van der Waals surface area contributed by atoms with Crippen molar-refractivity contribution in [2.45, 2.75) is 68.9 Å². The molecular weight excluding hydrogens is 344 g/mol. The molecule has 4 atom stereocenters. The van der Waals surface area contributed by atoms with Gasteiger partial charge in [-0.2, -0.15) is 0 Å². The molecule has 2 saturated heterocycles. The molecule has 2 amide bonds. The highest BCUT2D eigenvalue weighted by molar-refractivity contribution is 8.14. The SMILES string of the molecule is O=C1NC2CC(CCC/C=C\CCCO1)O[C@@](O)([C@@H]1CSC(=O)N1)C2. The number of amides is 2. The molecule has 3 N–H and O–H groups in total. The number of carbonyl (C=O) groups is 2. The summed E-state index contributed by atoms with van der Waals surface area (Å²) in [5.41, 5.74) is 0. The number of hydrogen-bond acceptors (Lipinski definition) is 6. The lowest BCUT2D eigenvalue weighted by Gasteiger charge is -2.44. The Morgan fingerprint density at radius 3 is 2.76 bits per heavy atom. The van der Waals surface area contributed by atoms with Crippen molar-refractivity contribution in [3.05, 3.63) is 12.2 Å². The Balaban J connectivity index is 1.70. The van der Waals surface area contributed by atoms with Crippen molar-refractivity contribution < 1.29 is 24.2 Å². The van der Waals surface area contributed by atoms with Crippen LogP contribution in [0.3, 0.4) is 0 Å². The van der Waals surface area contributed by atoms with Gasteiger partial charge in [0.15, 0.2) is 5.79 Å². The van der Waals surface area contributed by atoms with Crippen molar-refractivity contribution in [2.75, 3.05) is 12.4 Å². The minimum Gasteiger partial charge on any atom is -0.450 e. The number of fused-ring (bicyclic) bond motifs is 2. The van der Waals surface area contributed by atoms with Crippen LogP contribution in [0.4, 0.5) is 9.59 Å². The van der Waals surface area contributed by atoms with Crippen LogP contribution in [0, 0.1) is 0 Å². The van der Waals surface area contributed by atoms with E-state index in [1.165, 1.54) is 0 Å². The maximum Gasteiger partial charge on any atom is 0.407 e. The lowest BCUT2D eigenvalue weighted by molar-refractivity contribution is -0.269. The summed E-state index contributed by atoms with van der Waals surface area (Å²) in [6, 6.07) is -0.705. The smallest absolute Gasteiger partial charge is 0.407 e. The van der Waals surface area contributed by atoms with Gasteiger partial charge in [-0.3, -0.25) is 4.79 Å². The van der Waals surface area contributed by atoms with Gasteiger partial charge in [0.1, 0.15) is 0 Å².